The molecule has 0 atom stereocenters. The Bertz CT molecular complexity index is 150. The van der Waals surface area contributed by atoms with Crippen LogP contribution in [-0.4, -0.2) is 24.3 Å². The third-order valence-electron chi connectivity index (χ3n) is 3.23. The van der Waals surface area contributed by atoms with Crippen molar-refractivity contribution in [2.75, 3.05) is 19.6 Å². The van der Waals surface area contributed by atoms with E-state index in [2.05, 4.69) is 13.8 Å². The van der Waals surface area contributed by atoms with E-state index in [4.69, 9.17) is 0 Å². The van der Waals surface area contributed by atoms with Crippen molar-refractivity contribution in [2.24, 2.45) is 5.92 Å². The average Bonchev–Trinajstić information content (AvgIpc) is 2.14. The maximum absolute atomic E-state index is 12.1. The molecular weight excluding hydrogens is 174 g/mol. The van der Waals surface area contributed by atoms with Crippen LogP contribution in [0, 0.1) is 11.1 Å². The van der Waals surface area contributed by atoms with Crippen LogP contribution in [0.3, 0.4) is 0 Å². The van der Waals surface area contributed by atoms with Crippen molar-refractivity contribution in [3.63, 3.8) is 0 Å². The highest BCUT2D eigenvalue weighted by Gasteiger charge is 2.19. The van der Waals surface area contributed by atoms with Crippen LogP contribution in [-0.2, 0) is 0 Å². The number of piperidine rings is 1. The van der Waals surface area contributed by atoms with Gasteiger partial charge < -0.3 is 9.85 Å². The first-order valence-electron chi connectivity index (χ1n) is 6.19. The number of hydroxylamine groups is 3. The van der Waals surface area contributed by atoms with Crippen LogP contribution in [0.4, 0.5) is 0 Å². The molecule has 0 aromatic carbocycles. The third-order valence-corrected chi connectivity index (χ3v) is 3.23. The van der Waals surface area contributed by atoms with Gasteiger partial charge in [0.2, 0.25) is 0 Å². The molecular formula is C12H25NO. The molecule has 2 nitrogen and oxygen atoms in total. The Morgan fingerprint density at radius 2 is 1.71 bits per heavy atom. The number of unbranched alkanes of at least 4 members (excludes halogenated alkanes) is 1. The van der Waals surface area contributed by atoms with Crippen molar-refractivity contribution in [3.8, 4) is 0 Å². The maximum Gasteiger partial charge on any atom is 0.0783 e. The van der Waals surface area contributed by atoms with Crippen LogP contribution >= 0.6 is 0 Å². The average molecular weight is 199 g/mol. The molecule has 0 unspecified atom stereocenters. The fraction of sp³-hybridized carbons (Fsp3) is 1.00. The SMILES string of the molecule is CC(C)CCCC[N+]1([O-])CCCCC1. The summed E-state index contributed by atoms with van der Waals surface area (Å²) in [6.07, 6.45) is 7.21. The first-order chi connectivity index (χ1) is 6.62. The van der Waals surface area contributed by atoms with Crippen LogP contribution in [0.1, 0.15) is 52.4 Å². The number of hydrogen-bond acceptors (Lipinski definition) is 1. The first kappa shape index (κ1) is 12.0. The summed E-state index contributed by atoms with van der Waals surface area (Å²) in [5, 5.41) is 12.1. The zero-order valence-electron chi connectivity index (χ0n) is 9.80. The van der Waals surface area contributed by atoms with Gasteiger partial charge in [0.1, 0.15) is 0 Å². The number of rotatable bonds is 5. The van der Waals surface area contributed by atoms with Crippen molar-refractivity contribution < 1.29 is 4.65 Å². The van der Waals surface area contributed by atoms with Gasteiger partial charge in [0.15, 0.2) is 0 Å². The summed E-state index contributed by atoms with van der Waals surface area (Å²) in [4.78, 5) is 0. The largest absolute Gasteiger partial charge is 0.633 e. The molecule has 1 fully saturated rings. The van der Waals surface area contributed by atoms with E-state index >= 15 is 0 Å². The molecule has 14 heavy (non-hydrogen) atoms. The Balaban J connectivity index is 2.09. The van der Waals surface area contributed by atoms with Crippen LogP contribution in [0.5, 0.6) is 0 Å². The lowest BCUT2D eigenvalue weighted by Gasteiger charge is -2.45. The summed E-state index contributed by atoms with van der Waals surface area (Å²) in [7, 11) is 0. The lowest BCUT2D eigenvalue weighted by molar-refractivity contribution is -0.885. The predicted molar refractivity (Wildman–Crippen MR) is 60.8 cm³/mol. The van der Waals surface area contributed by atoms with Crippen molar-refractivity contribution in [3.05, 3.63) is 5.21 Å². The van der Waals surface area contributed by atoms with Crippen molar-refractivity contribution in [1.82, 2.24) is 0 Å². The molecule has 0 amide bonds. The highest BCUT2D eigenvalue weighted by atomic mass is 16.5. The van der Waals surface area contributed by atoms with E-state index < -0.39 is 0 Å². The lowest BCUT2D eigenvalue weighted by atomic mass is 10.1. The maximum atomic E-state index is 12.1. The zero-order valence-corrected chi connectivity index (χ0v) is 9.80. The van der Waals surface area contributed by atoms with Gasteiger partial charge in [-0.25, -0.2) is 0 Å². The molecule has 1 rings (SSSR count). The first-order valence-corrected chi connectivity index (χ1v) is 6.19. The monoisotopic (exact) mass is 199 g/mol. The highest BCUT2D eigenvalue weighted by molar-refractivity contribution is 4.55. The summed E-state index contributed by atoms with van der Waals surface area (Å²) >= 11 is 0. The van der Waals surface area contributed by atoms with Gasteiger partial charge in [-0.05, 0) is 38.0 Å². The van der Waals surface area contributed by atoms with E-state index in [1.54, 1.807) is 0 Å². The van der Waals surface area contributed by atoms with E-state index in [9.17, 15) is 5.21 Å². The van der Waals surface area contributed by atoms with Crippen LogP contribution < -0.4 is 0 Å². The summed E-state index contributed by atoms with van der Waals surface area (Å²) < 4.78 is 0.109. The molecule has 0 bridgehead atoms. The molecule has 84 valence electrons. The number of nitrogens with zero attached hydrogens (tertiary/aromatic N) is 1. The molecule has 1 aliphatic rings. The van der Waals surface area contributed by atoms with Crippen LogP contribution in [0.15, 0.2) is 0 Å². The minimum absolute atomic E-state index is 0.109. The van der Waals surface area contributed by atoms with Gasteiger partial charge in [-0.15, -0.1) is 0 Å². The lowest BCUT2D eigenvalue weighted by Crippen LogP contribution is -2.46. The number of quaternary nitrogens is 1. The fourth-order valence-corrected chi connectivity index (χ4v) is 2.26. The van der Waals surface area contributed by atoms with Gasteiger partial charge in [-0.1, -0.05) is 20.3 Å². The Hall–Kier alpha value is -0.0800. The van der Waals surface area contributed by atoms with Gasteiger partial charge in [0.05, 0.1) is 19.6 Å². The molecule has 1 aliphatic heterocycles. The van der Waals surface area contributed by atoms with Crippen molar-refractivity contribution in [1.29, 1.82) is 0 Å². The summed E-state index contributed by atoms with van der Waals surface area (Å²) in [6, 6.07) is 0. The summed E-state index contributed by atoms with van der Waals surface area (Å²) in [5.41, 5.74) is 0. The molecule has 0 spiro atoms. The fourth-order valence-electron chi connectivity index (χ4n) is 2.26. The Labute approximate surface area is 88.5 Å². The zero-order chi connectivity index (χ0) is 10.4. The second-order valence-corrected chi connectivity index (χ2v) is 5.18. The van der Waals surface area contributed by atoms with Gasteiger partial charge >= 0.3 is 0 Å². The standard InChI is InChI=1S/C12H25NO/c1-12(2)8-4-7-11-13(14)9-5-3-6-10-13/h12H,3-11H2,1-2H3. The van der Waals surface area contributed by atoms with Gasteiger partial charge in [0.25, 0.3) is 0 Å². The Kier molecular flexibility index (Phi) is 4.90. The molecule has 0 aromatic rings. The minimum atomic E-state index is 0.109. The highest BCUT2D eigenvalue weighted by Crippen LogP contribution is 2.19. The second kappa shape index (κ2) is 5.72. The minimum Gasteiger partial charge on any atom is -0.633 e. The molecule has 0 N–H and O–H groups in total. The van der Waals surface area contributed by atoms with Gasteiger partial charge in [-0.3, -0.25) is 0 Å². The topological polar surface area (TPSA) is 23.1 Å². The second-order valence-electron chi connectivity index (χ2n) is 5.18. The Morgan fingerprint density at radius 1 is 1.07 bits per heavy atom. The van der Waals surface area contributed by atoms with Gasteiger partial charge in [0, 0.05) is 0 Å². The van der Waals surface area contributed by atoms with Crippen LogP contribution in [0.2, 0.25) is 0 Å². The molecule has 0 saturated carbocycles. The van der Waals surface area contributed by atoms with E-state index in [1.807, 2.05) is 0 Å². The molecule has 1 saturated heterocycles. The smallest absolute Gasteiger partial charge is 0.0783 e. The molecule has 2 heteroatoms. The number of hydrogen-bond donors (Lipinski definition) is 0. The molecule has 0 radical (unpaired) electrons. The van der Waals surface area contributed by atoms with Crippen LogP contribution in [0.25, 0.3) is 0 Å². The molecule has 1 heterocycles. The van der Waals surface area contributed by atoms with E-state index in [1.165, 1.54) is 19.3 Å². The predicted octanol–water partition coefficient (Wildman–Crippen LogP) is 3.31. The van der Waals surface area contributed by atoms with Crippen molar-refractivity contribution >= 4 is 0 Å². The molecule has 0 aliphatic carbocycles. The van der Waals surface area contributed by atoms with E-state index in [-0.39, 0.29) is 4.65 Å². The normalized spacial score (nSPS) is 21.4. The number of likely N-dealkylation sites (tertiary alicyclic amines) is 1. The molecule has 0 aromatic heterocycles. The Morgan fingerprint density at radius 3 is 2.29 bits per heavy atom. The van der Waals surface area contributed by atoms with Crippen molar-refractivity contribution in [2.45, 2.75) is 52.4 Å². The third kappa shape index (κ3) is 4.43. The van der Waals surface area contributed by atoms with E-state index in [0.29, 0.717) is 0 Å². The van der Waals surface area contributed by atoms with Gasteiger partial charge in [-0.2, -0.15) is 0 Å². The quantitative estimate of drug-likeness (QED) is 0.378. The summed E-state index contributed by atoms with van der Waals surface area (Å²) in [6.45, 7) is 7.13. The summed E-state index contributed by atoms with van der Waals surface area (Å²) in [5.74, 6) is 0.788. The van der Waals surface area contributed by atoms with E-state index in [0.717, 1.165) is 44.8 Å².